The van der Waals surface area contributed by atoms with Crippen molar-refractivity contribution in [2.75, 3.05) is 18.4 Å². The van der Waals surface area contributed by atoms with Crippen LogP contribution in [0.4, 0.5) is 5.69 Å². The molecule has 1 aromatic heterocycles. The molecule has 0 spiro atoms. The van der Waals surface area contributed by atoms with Crippen LogP contribution in [0, 0.1) is 0 Å². The molecule has 2 aromatic rings. The van der Waals surface area contributed by atoms with Crippen LogP contribution in [0.5, 0.6) is 0 Å². The molecule has 0 unspecified atom stereocenters. The predicted octanol–water partition coefficient (Wildman–Crippen LogP) is 4.39. The zero-order valence-electron chi connectivity index (χ0n) is 12.5. The number of thiophene rings is 1. The summed E-state index contributed by atoms with van der Waals surface area (Å²) in [7, 11) is 0. The molecule has 4 nitrogen and oxygen atoms in total. The smallest absolute Gasteiger partial charge is 0.265 e. The number of nitrogens with one attached hydrogen (secondary N) is 1. The number of halogens is 1. The molecule has 1 fully saturated rings. The summed E-state index contributed by atoms with van der Waals surface area (Å²) < 4.78 is 0.898. The highest BCUT2D eigenvalue weighted by Gasteiger charge is 2.18. The molecule has 2 amide bonds. The maximum Gasteiger partial charge on any atom is 0.265 e. The molecule has 1 N–H and O–H groups in total. The van der Waals surface area contributed by atoms with E-state index in [0.717, 1.165) is 30.4 Å². The lowest BCUT2D eigenvalue weighted by molar-refractivity contribution is 0.0724. The van der Waals surface area contributed by atoms with Crippen molar-refractivity contribution in [1.29, 1.82) is 0 Å². The van der Waals surface area contributed by atoms with Gasteiger partial charge >= 0.3 is 0 Å². The standard InChI is InChI=1S/C17H17BrN2O2S/c18-13-10-15(23-11-13)16(21)19-14-6-4-12(5-7-14)17(22)20-8-2-1-3-9-20/h4-7,10-11H,1-3,8-9H2,(H,19,21). The molecule has 0 bridgehead atoms. The number of hydrogen-bond donors (Lipinski definition) is 1. The second-order valence-electron chi connectivity index (χ2n) is 5.51. The SMILES string of the molecule is O=C(Nc1ccc(C(=O)N2CCCCC2)cc1)c1cc(Br)cs1. The first-order valence-electron chi connectivity index (χ1n) is 7.58. The quantitative estimate of drug-likeness (QED) is 0.841. The third kappa shape index (κ3) is 4.00. The van der Waals surface area contributed by atoms with Crippen molar-refractivity contribution in [3.63, 3.8) is 0 Å². The van der Waals surface area contributed by atoms with Gasteiger partial charge in [0, 0.05) is 34.2 Å². The molecule has 0 atom stereocenters. The fourth-order valence-electron chi connectivity index (χ4n) is 2.60. The highest BCUT2D eigenvalue weighted by Crippen LogP contribution is 2.21. The summed E-state index contributed by atoms with van der Waals surface area (Å²) in [4.78, 5) is 27.0. The van der Waals surface area contributed by atoms with Crippen LogP contribution >= 0.6 is 27.3 Å². The summed E-state index contributed by atoms with van der Waals surface area (Å²) in [5, 5.41) is 4.71. The zero-order chi connectivity index (χ0) is 16.2. The topological polar surface area (TPSA) is 49.4 Å². The van der Waals surface area contributed by atoms with Crippen LogP contribution in [-0.4, -0.2) is 29.8 Å². The molecule has 1 saturated heterocycles. The van der Waals surface area contributed by atoms with Crippen LogP contribution in [0.3, 0.4) is 0 Å². The number of rotatable bonds is 3. The van der Waals surface area contributed by atoms with Crippen LogP contribution in [0.1, 0.15) is 39.3 Å². The Morgan fingerprint density at radius 3 is 2.39 bits per heavy atom. The molecule has 3 rings (SSSR count). The van der Waals surface area contributed by atoms with Crippen LogP contribution in [0.25, 0.3) is 0 Å². The van der Waals surface area contributed by atoms with E-state index >= 15 is 0 Å². The summed E-state index contributed by atoms with van der Waals surface area (Å²) in [5.41, 5.74) is 1.36. The Bertz CT molecular complexity index is 706. The number of nitrogens with zero attached hydrogens (tertiary/aromatic N) is 1. The molecule has 6 heteroatoms. The highest BCUT2D eigenvalue weighted by atomic mass is 79.9. The van der Waals surface area contributed by atoms with E-state index in [4.69, 9.17) is 0 Å². The molecule has 1 aliphatic rings. The number of carbonyl (C=O) groups is 2. The molecule has 2 heterocycles. The van der Waals surface area contributed by atoms with Crippen molar-refractivity contribution >= 4 is 44.8 Å². The van der Waals surface area contributed by atoms with Gasteiger partial charge in [0.1, 0.15) is 0 Å². The van der Waals surface area contributed by atoms with Gasteiger partial charge in [-0.25, -0.2) is 0 Å². The fraction of sp³-hybridized carbons (Fsp3) is 0.294. The summed E-state index contributed by atoms with van der Waals surface area (Å²) in [5.74, 6) is -0.0689. The van der Waals surface area contributed by atoms with E-state index in [2.05, 4.69) is 21.2 Å². The Kier molecular flexibility index (Phi) is 5.13. The monoisotopic (exact) mass is 392 g/mol. The van der Waals surface area contributed by atoms with Crippen LogP contribution in [-0.2, 0) is 0 Å². The van der Waals surface area contributed by atoms with E-state index in [9.17, 15) is 9.59 Å². The lowest BCUT2D eigenvalue weighted by atomic mass is 10.1. The van der Waals surface area contributed by atoms with Crippen LogP contribution in [0.2, 0.25) is 0 Å². The number of amides is 2. The molecule has 120 valence electrons. The molecule has 1 aliphatic heterocycles. The average molecular weight is 393 g/mol. The number of anilines is 1. The molecular weight excluding hydrogens is 376 g/mol. The van der Waals surface area contributed by atoms with Gasteiger partial charge in [0.25, 0.3) is 11.8 Å². The largest absolute Gasteiger partial charge is 0.339 e. The normalized spacial score (nSPS) is 14.6. The fourth-order valence-corrected chi connectivity index (χ4v) is 3.92. The second kappa shape index (κ2) is 7.27. The Morgan fingerprint density at radius 1 is 1.09 bits per heavy atom. The van der Waals surface area contributed by atoms with Crippen molar-refractivity contribution in [3.8, 4) is 0 Å². The number of benzene rings is 1. The van der Waals surface area contributed by atoms with Gasteiger partial charge in [-0.2, -0.15) is 0 Å². The number of piperidine rings is 1. The van der Waals surface area contributed by atoms with Gasteiger partial charge in [-0.3, -0.25) is 9.59 Å². The Hall–Kier alpha value is -1.66. The molecule has 0 radical (unpaired) electrons. The van der Waals surface area contributed by atoms with Gasteiger partial charge in [-0.15, -0.1) is 11.3 Å². The lowest BCUT2D eigenvalue weighted by Gasteiger charge is -2.26. The van der Waals surface area contributed by atoms with E-state index in [1.165, 1.54) is 17.8 Å². The third-order valence-electron chi connectivity index (χ3n) is 3.82. The average Bonchev–Trinajstić information content (AvgIpc) is 3.02. The van der Waals surface area contributed by atoms with Crippen molar-refractivity contribution in [2.24, 2.45) is 0 Å². The molecule has 1 aromatic carbocycles. The molecule has 0 aliphatic carbocycles. The van der Waals surface area contributed by atoms with Crippen LogP contribution < -0.4 is 5.32 Å². The van der Waals surface area contributed by atoms with Gasteiger partial charge < -0.3 is 10.2 Å². The minimum atomic E-state index is -0.143. The molecular formula is C17H17BrN2O2S. The first kappa shape index (κ1) is 16.2. The van der Waals surface area contributed by atoms with Gasteiger partial charge in [0.05, 0.1) is 4.88 Å². The first-order valence-corrected chi connectivity index (χ1v) is 9.25. The second-order valence-corrected chi connectivity index (χ2v) is 7.34. The first-order chi connectivity index (χ1) is 11.1. The third-order valence-corrected chi connectivity index (χ3v) is 5.51. The number of likely N-dealkylation sites (tertiary alicyclic amines) is 1. The van der Waals surface area contributed by atoms with E-state index < -0.39 is 0 Å². The maximum atomic E-state index is 12.4. The molecule has 0 saturated carbocycles. The van der Waals surface area contributed by atoms with E-state index in [0.29, 0.717) is 16.1 Å². The lowest BCUT2D eigenvalue weighted by Crippen LogP contribution is -2.35. The van der Waals surface area contributed by atoms with E-state index in [1.54, 1.807) is 30.3 Å². The predicted molar refractivity (Wildman–Crippen MR) is 96.2 cm³/mol. The number of carbonyl (C=O) groups excluding carboxylic acids is 2. The van der Waals surface area contributed by atoms with Gasteiger partial charge in [-0.05, 0) is 65.5 Å². The van der Waals surface area contributed by atoms with E-state index in [1.807, 2.05) is 10.3 Å². The number of hydrogen-bond acceptors (Lipinski definition) is 3. The van der Waals surface area contributed by atoms with Crippen molar-refractivity contribution in [3.05, 3.63) is 50.6 Å². The Balaban J connectivity index is 1.64. The van der Waals surface area contributed by atoms with Crippen molar-refractivity contribution < 1.29 is 9.59 Å². The summed E-state index contributed by atoms with van der Waals surface area (Å²) in [6.07, 6.45) is 3.36. The minimum Gasteiger partial charge on any atom is -0.339 e. The molecule has 23 heavy (non-hydrogen) atoms. The van der Waals surface area contributed by atoms with Crippen LogP contribution in [0.15, 0.2) is 40.2 Å². The summed E-state index contributed by atoms with van der Waals surface area (Å²) in [6.45, 7) is 1.68. The zero-order valence-corrected chi connectivity index (χ0v) is 15.0. The maximum absolute atomic E-state index is 12.4. The van der Waals surface area contributed by atoms with E-state index in [-0.39, 0.29) is 11.8 Å². The Morgan fingerprint density at radius 2 is 1.78 bits per heavy atom. The van der Waals surface area contributed by atoms with Crippen molar-refractivity contribution in [1.82, 2.24) is 4.90 Å². The van der Waals surface area contributed by atoms with Gasteiger partial charge in [-0.1, -0.05) is 0 Å². The Labute approximate surface area is 147 Å². The van der Waals surface area contributed by atoms with Gasteiger partial charge in [0.2, 0.25) is 0 Å². The highest BCUT2D eigenvalue weighted by molar-refractivity contribution is 9.10. The summed E-state index contributed by atoms with van der Waals surface area (Å²) >= 11 is 4.72. The summed E-state index contributed by atoms with van der Waals surface area (Å²) in [6, 6.07) is 8.89. The van der Waals surface area contributed by atoms with Crippen molar-refractivity contribution in [2.45, 2.75) is 19.3 Å². The minimum absolute atomic E-state index is 0.0739. The van der Waals surface area contributed by atoms with Gasteiger partial charge in [0.15, 0.2) is 0 Å².